The van der Waals surface area contributed by atoms with E-state index in [1.54, 1.807) is 24.3 Å². The van der Waals surface area contributed by atoms with Crippen molar-refractivity contribution >= 4 is 46.6 Å². The van der Waals surface area contributed by atoms with E-state index in [2.05, 4.69) is 16.0 Å². The van der Waals surface area contributed by atoms with Gasteiger partial charge in [0.2, 0.25) is 5.91 Å². The average Bonchev–Trinajstić information content (AvgIpc) is 2.66. The van der Waals surface area contributed by atoms with Gasteiger partial charge in [0.1, 0.15) is 0 Å². The number of nitrogens with zero attached hydrogens (tertiary/aromatic N) is 1. The molecule has 0 spiro atoms. The molecule has 3 N–H and O–H groups in total. The van der Waals surface area contributed by atoms with Gasteiger partial charge in [-0.3, -0.25) is 25.0 Å². The van der Waals surface area contributed by atoms with E-state index in [9.17, 15) is 19.7 Å². The van der Waals surface area contributed by atoms with Crippen molar-refractivity contribution in [1.82, 2.24) is 10.6 Å². The van der Waals surface area contributed by atoms with Crippen LogP contribution in [0.25, 0.3) is 6.08 Å². The highest BCUT2D eigenvalue weighted by Crippen LogP contribution is 2.13. The molecule has 2 aromatic carbocycles. The van der Waals surface area contributed by atoms with E-state index in [-0.39, 0.29) is 22.7 Å². The van der Waals surface area contributed by atoms with E-state index < -0.39 is 10.8 Å². The van der Waals surface area contributed by atoms with Crippen molar-refractivity contribution in [3.05, 3.63) is 75.8 Å². The van der Waals surface area contributed by atoms with Crippen LogP contribution in [0.3, 0.4) is 0 Å². The zero-order valence-electron chi connectivity index (χ0n) is 15.8. The molecule has 0 bridgehead atoms. The molecule has 2 amide bonds. The quantitative estimate of drug-likeness (QED) is 0.290. The van der Waals surface area contributed by atoms with Gasteiger partial charge in [-0.05, 0) is 74.1 Å². The summed E-state index contributed by atoms with van der Waals surface area (Å²) < 4.78 is 0. The van der Waals surface area contributed by atoms with Crippen molar-refractivity contribution in [2.45, 2.75) is 19.9 Å². The summed E-state index contributed by atoms with van der Waals surface area (Å²) in [5.74, 6) is -0.618. The predicted octanol–water partition coefficient (Wildman–Crippen LogP) is 3.26. The first-order valence-corrected chi connectivity index (χ1v) is 9.11. The number of carbonyl (C=O) groups is 2. The maximum atomic E-state index is 12.0. The molecule has 0 aromatic heterocycles. The fraction of sp³-hybridized carbons (Fsp3) is 0.150. The topological polar surface area (TPSA) is 113 Å². The largest absolute Gasteiger partial charge is 0.350 e. The van der Waals surface area contributed by atoms with Crippen LogP contribution in [0, 0.1) is 10.1 Å². The second-order valence-electron chi connectivity index (χ2n) is 6.33. The third-order valence-electron chi connectivity index (χ3n) is 3.59. The Morgan fingerprint density at radius 1 is 1.07 bits per heavy atom. The van der Waals surface area contributed by atoms with E-state index in [1.165, 1.54) is 36.4 Å². The molecule has 150 valence electrons. The fourth-order valence-electron chi connectivity index (χ4n) is 2.25. The number of nitro groups is 1. The Bertz CT molecular complexity index is 938. The normalized spacial score (nSPS) is 10.6. The molecule has 0 fully saturated rings. The number of non-ortho nitro benzene ring substituents is 1. The highest BCUT2D eigenvalue weighted by atomic mass is 32.1. The van der Waals surface area contributed by atoms with Crippen LogP contribution in [0.2, 0.25) is 0 Å². The lowest BCUT2D eigenvalue weighted by molar-refractivity contribution is -0.384. The molecule has 29 heavy (non-hydrogen) atoms. The van der Waals surface area contributed by atoms with Crippen molar-refractivity contribution in [2.75, 3.05) is 5.32 Å². The van der Waals surface area contributed by atoms with Gasteiger partial charge in [0.15, 0.2) is 5.11 Å². The zero-order chi connectivity index (χ0) is 21.4. The molecule has 0 aliphatic carbocycles. The summed E-state index contributed by atoms with van der Waals surface area (Å²) in [4.78, 5) is 34.0. The van der Waals surface area contributed by atoms with Gasteiger partial charge in [-0.2, -0.15) is 0 Å². The van der Waals surface area contributed by atoms with E-state index in [0.717, 1.165) is 0 Å². The van der Waals surface area contributed by atoms with Gasteiger partial charge in [0.05, 0.1) is 4.92 Å². The number of hydrogen-bond acceptors (Lipinski definition) is 5. The minimum absolute atomic E-state index is 0.0234. The predicted molar refractivity (Wildman–Crippen MR) is 116 cm³/mol. The molecule has 0 radical (unpaired) electrons. The molecule has 0 aliphatic rings. The van der Waals surface area contributed by atoms with Crippen molar-refractivity contribution in [3.8, 4) is 0 Å². The number of nitro benzene ring substituents is 1. The lowest BCUT2D eigenvalue weighted by Crippen LogP contribution is -2.33. The Hall–Kier alpha value is -3.59. The van der Waals surface area contributed by atoms with E-state index >= 15 is 0 Å². The Labute approximate surface area is 173 Å². The molecular weight excluding hydrogens is 392 g/mol. The van der Waals surface area contributed by atoms with Crippen LogP contribution in [0.1, 0.15) is 29.8 Å². The summed E-state index contributed by atoms with van der Waals surface area (Å²) in [5, 5.41) is 18.9. The molecule has 9 heteroatoms. The summed E-state index contributed by atoms with van der Waals surface area (Å²) in [7, 11) is 0. The summed E-state index contributed by atoms with van der Waals surface area (Å²) in [6, 6.07) is 12.5. The van der Waals surface area contributed by atoms with Crippen LogP contribution in [0.4, 0.5) is 11.4 Å². The number of benzene rings is 2. The fourth-order valence-corrected chi connectivity index (χ4v) is 2.46. The highest BCUT2D eigenvalue weighted by molar-refractivity contribution is 7.80. The third kappa shape index (κ3) is 7.15. The van der Waals surface area contributed by atoms with Gasteiger partial charge in [0.25, 0.3) is 11.6 Å². The zero-order valence-corrected chi connectivity index (χ0v) is 16.7. The Morgan fingerprint density at radius 3 is 2.24 bits per heavy atom. The van der Waals surface area contributed by atoms with Gasteiger partial charge in [-0.25, -0.2) is 0 Å². The molecule has 0 atom stereocenters. The lowest BCUT2D eigenvalue weighted by atomic mass is 10.2. The number of thiocarbonyl (C=S) groups is 1. The summed E-state index contributed by atoms with van der Waals surface area (Å²) in [6.45, 7) is 3.76. The Morgan fingerprint density at radius 2 is 1.69 bits per heavy atom. The number of nitrogens with one attached hydrogen (secondary N) is 3. The molecule has 2 aromatic rings. The van der Waals surface area contributed by atoms with Gasteiger partial charge in [-0.1, -0.05) is 0 Å². The SMILES string of the molecule is CC(C)NC(=O)c1ccc(NC(=S)NC(=O)/C=C/c2ccc([N+](=O)[O-])cc2)cc1. The van der Waals surface area contributed by atoms with Crippen molar-refractivity contribution in [1.29, 1.82) is 0 Å². The van der Waals surface area contributed by atoms with Crippen LogP contribution < -0.4 is 16.0 Å². The molecule has 0 unspecified atom stereocenters. The van der Waals surface area contributed by atoms with Crippen LogP contribution in [-0.2, 0) is 4.79 Å². The van der Waals surface area contributed by atoms with Crippen LogP contribution in [-0.4, -0.2) is 27.9 Å². The summed E-state index contributed by atoms with van der Waals surface area (Å²) in [5.41, 5.74) is 1.76. The van der Waals surface area contributed by atoms with E-state index in [1.807, 2.05) is 13.8 Å². The number of amides is 2. The highest BCUT2D eigenvalue weighted by Gasteiger charge is 2.07. The Kier molecular flexibility index (Phi) is 7.55. The minimum Gasteiger partial charge on any atom is -0.350 e. The average molecular weight is 412 g/mol. The first-order chi connectivity index (χ1) is 13.7. The van der Waals surface area contributed by atoms with Gasteiger partial charge < -0.3 is 10.6 Å². The number of anilines is 1. The summed E-state index contributed by atoms with van der Waals surface area (Å²) >= 11 is 5.10. The van der Waals surface area contributed by atoms with Gasteiger partial charge in [0, 0.05) is 35.5 Å². The van der Waals surface area contributed by atoms with Gasteiger partial charge >= 0.3 is 0 Å². The van der Waals surface area contributed by atoms with Gasteiger partial charge in [-0.15, -0.1) is 0 Å². The van der Waals surface area contributed by atoms with Crippen LogP contribution in [0.15, 0.2) is 54.6 Å². The van der Waals surface area contributed by atoms with Crippen molar-refractivity contribution in [3.63, 3.8) is 0 Å². The molecule has 0 saturated heterocycles. The molecule has 0 heterocycles. The molecule has 8 nitrogen and oxygen atoms in total. The maximum Gasteiger partial charge on any atom is 0.269 e. The number of carbonyl (C=O) groups excluding carboxylic acids is 2. The Balaban J connectivity index is 1.87. The van der Waals surface area contributed by atoms with E-state index in [0.29, 0.717) is 16.8 Å². The second kappa shape index (κ2) is 10.1. The van der Waals surface area contributed by atoms with E-state index in [4.69, 9.17) is 12.2 Å². The minimum atomic E-state index is -0.492. The second-order valence-corrected chi connectivity index (χ2v) is 6.74. The van der Waals surface area contributed by atoms with Crippen LogP contribution in [0.5, 0.6) is 0 Å². The molecule has 2 rings (SSSR count). The van der Waals surface area contributed by atoms with Crippen molar-refractivity contribution in [2.24, 2.45) is 0 Å². The third-order valence-corrected chi connectivity index (χ3v) is 3.80. The number of hydrogen-bond donors (Lipinski definition) is 3. The monoisotopic (exact) mass is 412 g/mol. The molecule has 0 aliphatic heterocycles. The van der Waals surface area contributed by atoms with Crippen molar-refractivity contribution < 1.29 is 14.5 Å². The number of rotatable bonds is 6. The first kappa shape index (κ1) is 21.7. The smallest absolute Gasteiger partial charge is 0.269 e. The molecular formula is C20H20N4O4S. The summed E-state index contributed by atoms with van der Waals surface area (Å²) in [6.07, 6.45) is 2.79. The maximum absolute atomic E-state index is 12.0. The molecule has 0 saturated carbocycles. The lowest BCUT2D eigenvalue weighted by Gasteiger charge is -2.10. The standard InChI is InChI=1S/C20H20N4O4S/c1-13(2)21-19(26)15-6-8-16(9-7-15)22-20(29)23-18(25)12-5-14-3-10-17(11-4-14)24(27)28/h3-13H,1-2H3,(H,21,26)(H2,22,23,25,29)/b12-5+. The first-order valence-electron chi connectivity index (χ1n) is 8.70. The van der Waals surface area contributed by atoms with Crippen LogP contribution >= 0.6 is 12.2 Å².